The Morgan fingerprint density at radius 3 is 2.79 bits per heavy atom. The van der Waals surface area contributed by atoms with Gasteiger partial charge in [-0.1, -0.05) is 30.3 Å². The summed E-state index contributed by atoms with van der Waals surface area (Å²) < 4.78 is 0. The average Bonchev–Trinajstić information content (AvgIpc) is 2.23. The fourth-order valence-corrected chi connectivity index (χ4v) is 1.46. The molecule has 0 saturated heterocycles. The summed E-state index contributed by atoms with van der Waals surface area (Å²) in [5.41, 5.74) is 2.39. The number of hydrogen-bond acceptors (Lipinski definition) is 3. The van der Waals surface area contributed by atoms with Crippen molar-refractivity contribution in [3.63, 3.8) is 0 Å². The molecule has 68 valence electrons. The lowest BCUT2D eigenvalue weighted by molar-refractivity contribution is -0.108. The molecule has 2 rings (SSSR count). The molecule has 1 aromatic rings. The van der Waals surface area contributed by atoms with Crippen LogP contribution in [0.15, 0.2) is 35.4 Å². The van der Waals surface area contributed by atoms with Crippen LogP contribution in [0.2, 0.25) is 0 Å². The third kappa shape index (κ3) is 1.35. The molecule has 0 bridgehead atoms. The summed E-state index contributed by atoms with van der Waals surface area (Å²) in [5, 5.41) is 6.61. The second kappa shape index (κ2) is 3.50. The minimum atomic E-state index is -0.0574. The molecule has 4 heteroatoms. The standard InChI is InChI=1S/C10H9BN2O/c11-13-12-10-8-4-2-1-3-7(8)5-6-9(10)14/h1-6,13H,11H2/b12-10-. The molecule has 0 aliphatic heterocycles. The predicted octanol–water partition coefficient (Wildman–Crippen LogP) is 0.124. The Morgan fingerprint density at radius 1 is 1.21 bits per heavy atom. The molecule has 3 nitrogen and oxygen atoms in total. The lowest BCUT2D eigenvalue weighted by Gasteiger charge is -2.11. The zero-order chi connectivity index (χ0) is 9.97. The first-order chi connectivity index (χ1) is 6.83. The van der Waals surface area contributed by atoms with Crippen LogP contribution in [0.5, 0.6) is 0 Å². The van der Waals surface area contributed by atoms with Crippen molar-refractivity contribution in [1.29, 1.82) is 0 Å². The quantitative estimate of drug-likeness (QED) is 0.497. The van der Waals surface area contributed by atoms with Crippen molar-refractivity contribution in [2.45, 2.75) is 0 Å². The summed E-state index contributed by atoms with van der Waals surface area (Å²) in [5.74, 6) is -0.0574. The maximum absolute atomic E-state index is 11.5. The number of hydrazone groups is 1. The molecule has 0 unspecified atom stereocenters. The number of hydrogen-bond donors (Lipinski definition) is 1. The van der Waals surface area contributed by atoms with E-state index in [1.165, 1.54) is 0 Å². The van der Waals surface area contributed by atoms with Gasteiger partial charge in [-0.3, -0.25) is 4.79 Å². The molecular weight excluding hydrogens is 175 g/mol. The highest BCUT2D eigenvalue weighted by Gasteiger charge is 2.17. The maximum atomic E-state index is 11.5. The van der Waals surface area contributed by atoms with Gasteiger partial charge >= 0.3 is 0 Å². The molecule has 0 amide bonds. The van der Waals surface area contributed by atoms with Crippen LogP contribution in [0.4, 0.5) is 0 Å². The van der Waals surface area contributed by atoms with E-state index in [-0.39, 0.29) is 5.78 Å². The zero-order valence-corrected chi connectivity index (χ0v) is 7.82. The number of ketones is 1. The highest BCUT2D eigenvalue weighted by molar-refractivity contribution is 6.52. The van der Waals surface area contributed by atoms with Gasteiger partial charge in [0.25, 0.3) is 0 Å². The molecule has 0 radical (unpaired) electrons. The second-order valence-electron chi connectivity index (χ2n) is 2.97. The number of carbonyl (C=O) groups excluding carboxylic acids is 1. The normalized spacial score (nSPS) is 16.9. The Labute approximate surface area is 82.9 Å². The molecule has 0 fully saturated rings. The van der Waals surface area contributed by atoms with Gasteiger partial charge in [-0.25, -0.2) is 0 Å². The van der Waals surface area contributed by atoms with Gasteiger partial charge < -0.3 is 5.34 Å². The minimum absolute atomic E-state index is 0.0574. The van der Waals surface area contributed by atoms with Crippen molar-refractivity contribution in [2.24, 2.45) is 5.10 Å². The molecule has 0 aromatic heterocycles. The Kier molecular flexibility index (Phi) is 2.19. The lowest BCUT2D eigenvalue weighted by atomic mass is 9.95. The van der Waals surface area contributed by atoms with Crippen LogP contribution in [0.3, 0.4) is 0 Å². The third-order valence-corrected chi connectivity index (χ3v) is 2.09. The Morgan fingerprint density at radius 2 is 2.00 bits per heavy atom. The Balaban J connectivity index is 2.59. The molecule has 1 aromatic carbocycles. The van der Waals surface area contributed by atoms with Crippen molar-refractivity contribution in [1.82, 2.24) is 5.34 Å². The molecule has 0 saturated carbocycles. The van der Waals surface area contributed by atoms with Crippen LogP contribution < -0.4 is 5.34 Å². The van der Waals surface area contributed by atoms with E-state index in [1.54, 1.807) is 14.1 Å². The number of carbonyl (C=O) groups is 1. The van der Waals surface area contributed by atoms with E-state index in [4.69, 9.17) is 0 Å². The average molecular weight is 184 g/mol. The first kappa shape index (κ1) is 8.75. The lowest BCUT2D eigenvalue weighted by Crippen LogP contribution is -2.20. The Hall–Kier alpha value is -1.84. The van der Waals surface area contributed by atoms with Crippen molar-refractivity contribution < 1.29 is 4.79 Å². The van der Waals surface area contributed by atoms with Crippen LogP contribution in [0.1, 0.15) is 11.1 Å². The smallest absolute Gasteiger partial charge is 0.237 e. The van der Waals surface area contributed by atoms with Gasteiger partial charge in [-0.05, 0) is 11.6 Å². The summed E-state index contributed by atoms with van der Waals surface area (Å²) in [6.45, 7) is 0. The predicted molar refractivity (Wildman–Crippen MR) is 58.7 cm³/mol. The van der Waals surface area contributed by atoms with Crippen molar-refractivity contribution in [3.05, 3.63) is 41.5 Å². The van der Waals surface area contributed by atoms with Gasteiger partial charge in [-0.2, -0.15) is 5.10 Å². The zero-order valence-electron chi connectivity index (χ0n) is 7.82. The summed E-state index contributed by atoms with van der Waals surface area (Å²) in [6.07, 6.45) is 3.35. The van der Waals surface area contributed by atoms with Crippen molar-refractivity contribution in [2.75, 3.05) is 0 Å². The molecule has 0 atom stereocenters. The van der Waals surface area contributed by atoms with E-state index < -0.39 is 0 Å². The Bertz CT molecular complexity index is 438. The molecule has 14 heavy (non-hydrogen) atoms. The summed E-state index contributed by atoms with van der Waals surface area (Å²) in [7, 11) is 1.68. The third-order valence-electron chi connectivity index (χ3n) is 2.09. The number of nitrogens with zero attached hydrogens (tertiary/aromatic N) is 1. The highest BCUT2D eigenvalue weighted by atomic mass is 16.1. The van der Waals surface area contributed by atoms with Crippen LogP contribution in [0, 0.1) is 0 Å². The van der Waals surface area contributed by atoms with Gasteiger partial charge in [0.15, 0.2) is 0 Å². The molecule has 0 heterocycles. The van der Waals surface area contributed by atoms with Crippen molar-refractivity contribution >= 4 is 25.6 Å². The largest absolute Gasteiger partial charge is 0.361 e. The van der Waals surface area contributed by atoms with E-state index in [2.05, 4.69) is 10.4 Å². The van der Waals surface area contributed by atoms with Crippen LogP contribution in [-0.4, -0.2) is 19.5 Å². The van der Waals surface area contributed by atoms with Gasteiger partial charge in [0.05, 0.1) is 0 Å². The van der Waals surface area contributed by atoms with Gasteiger partial charge in [0.2, 0.25) is 13.8 Å². The number of nitrogens with one attached hydrogen (secondary N) is 1. The fourth-order valence-electron chi connectivity index (χ4n) is 1.46. The molecule has 1 N–H and O–H groups in total. The topological polar surface area (TPSA) is 41.5 Å². The first-order valence-corrected chi connectivity index (χ1v) is 4.39. The first-order valence-electron chi connectivity index (χ1n) is 4.39. The number of rotatable bonds is 1. The second-order valence-corrected chi connectivity index (χ2v) is 2.97. The van der Waals surface area contributed by atoms with Crippen LogP contribution >= 0.6 is 0 Å². The summed E-state index contributed by atoms with van der Waals surface area (Å²) in [4.78, 5) is 11.5. The van der Waals surface area contributed by atoms with Crippen LogP contribution in [0.25, 0.3) is 6.08 Å². The van der Waals surface area contributed by atoms with E-state index in [9.17, 15) is 4.79 Å². The fraction of sp³-hybridized carbons (Fsp3) is 0. The molecule has 1 aliphatic carbocycles. The highest BCUT2D eigenvalue weighted by Crippen LogP contribution is 2.17. The van der Waals surface area contributed by atoms with Crippen LogP contribution in [-0.2, 0) is 4.79 Å². The van der Waals surface area contributed by atoms with E-state index >= 15 is 0 Å². The number of fused-ring (bicyclic) bond motifs is 1. The van der Waals surface area contributed by atoms with E-state index in [0.717, 1.165) is 11.1 Å². The van der Waals surface area contributed by atoms with Crippen molar-refractivity contribution in [3.8, 4) is 0 Å². The SMILES string of the molecule is BN/N=C1\C(=O)C=Cc2ccccc21. The number of benzene rings is 1. The van der Waals surface area contributed by atoms with E-state index in [1.807, 2.05) is 30.3 Å². The maximum Gasteiger partial charge on any atom is 0.237 e. The number of allylic oxidation sites excluding steroid dienone is 1. The monoisotopic (exact) mass is 184 g/mol. The summed E-state index contributed by atoms with van der Waals surface area (Å²) >= 11 is 0. The van der Waals surface area contributed by atoms with Gasteiger partial charge in [-0.15, -0.1) is 0 Å². The van der Waals surface area contributed by atoms with Gasteiger partial charge in [0, 0.05) is 5.56 Å². The minimum Gasteiger partial charge on any atom is -0.361 e. The van der Waals surface area contributed by atoms with E-state index in [0.29, 0.717) is 5.71 Å². The van der Waals surface area contributed by atoms with Gasteiger partial charge in [0.1, 0.15) is 5.71 Å². The molecular formula is C10H9BN2O. The summed E-state index contributed by atoms with van der Waals surface area (Å²) in [6, 6.07) is 7.70. The molecule has 1 aliphatic rings. The molecule has 0 spiro atoms.